The first-order valence-electron chi connectivity index (χ1n) is 7.88. The molecule has 0 bridgehead atoms. The maximum Gasteiger partial charge on any atom is 0.306 e. The number of carboxylic acids is 1. The van der Waals surface area contributed by atoms with Gasteiger partial charge in [0.05, 0.1) is 12.5 Å². The Kier molecular flexibility index (Phi) is 6.36. The van der Waals surface area contributed by atoms with Gasteiger partial charge in [-0.1, -0.05) is 12.8 Å². The van der Waals surface area contributed by atoms with Gasteiger partial charge in [-0.05, 0) is 31.9 Å². The number of nitrogens with one attached hydrogen (secondary N) is 1. The van der Waals surface area contributed by atoms with E-state index in [0.717, 1.165) is 6.42 Å². The van der Waals surface area contributed by atoms with E-state index in [1.165, 1.54) is 19.3 Å². The fourth-order valence-corrected chi connectivity index (χ4v) is 4.28. The van der Waals surface area contributed by atoms with Gasteiger partial charge in [0.15, 0.2) is 0 Å². The lowest BCUT2D eigenvalue weighted by molar-refractivity contribution is -0.145. The molecular formula is C15H26N2O3S. The molecule has 0 radical (unpaired) electrons. The zero-order valence-corrected chi connectivity index (χ0v) is 13.5. The maximum absolute atomic E-state index is 12.2. The Morgan fingerprint density at radius 3 is 2.48 bits per heavy atom. The van der Waals surface area contributed by atoms with E-state index in [9.17, 15) is 9.59 Å². The lowest BCUT2D eigenvalue weighted by Crippen LogP contribution is -2.48. The molecule has 0 aromatic rings. The molecule has 1 aliphatic carbocycles. The van der Waals surface area contributed by atoms with Crippen LogP contribution in [0.4, 0.5) is 0 Å². The third-order valence-electron chi connectivity index (χ3n) is 4.72. The molecule has 0 aromatic heterocycles. The van der Waals surface area contributed by atoms with Crippen molar-refractivity contribution < 1.29 is 14.7 Å². The number of aliphatic carboxylic acids is 1. The summed E-state index contributed by atoms with van der Waals surface area (Å²) in [5.41, 5.74) is 0. The molecule has 1 aliphatic heterocycles. The van der Waals surface area contributed by atoms with Gasteiger partial charge in [-0.3, -0.25) is 9.59 Å². The lowest BCUT2D eigenvalue weighted by atomic mass is 9.94. The molecule has 0 aromatic carbocycles. The highest BCUT2D eigenvalue weighted by molar-refractivity contribution is 7.99. The molecule has 1 amide bonds. The molecule has 2 unspecified atom stereocenters. The van der Waals surface area contributed by atoms with Crippen molar-refractivity contribution in [1.82, 2.24) is 10.2 Å². The molecular weight excluding hydrogens is 288 g/mol. The van der Waals surface area contributed by atoms with Crippen molar-refractivity contribution in [3.63, 3.8) is 0 Å². The lowest BCUT2D eigenvalue weighted by Gasteiger charge is -2.33. The highest BCUT2D eigenvalue weighted by atomic mass is 32.2. The summed E-state index contributed by atoms with van der Waals surface area (Å²) in [6, 6.07) is 0.439. The summed E-state index contributed by atoms with van der Waals surface area (Å²) in [6.45, 7) is 1.54. The van der Waals surface area contributed by atoms with Gasteiger partial charge >= 0.3 is 5.97 Å². The van der Waals surface area contributed by atoms with Crippen LogP contribution in [0.25, 0.3) is 0 Å². The van der Waals surface area contributed by atoms with Gasteiger partial charge in [0.25, 0.3) is 0 Å². The van der Waals surface area contributed by atoms with Crippen LogP contribution in [0.3, 0.4) is 0 Å². The van der Waals surface area contributed by atoms with Crippen LogP contribution in [0.2, 0.25) is 0 Å². The number of piperidine rings is 1. The van der Waals surface area contributed by atoms with E-state index in [0.29, 0.717) is 43.8 Å². The first-order valence-corrected chi connectivity index (χ1v) is 9.17. The van der Waals surface area contributed by atoms with E-state index >= 15 is 0 Å². The average molecular weight is 314 g/mol. The van der Waals surface area contributed by atoms with Crippen molar-refractivity contribution in [2.75, 3.05) is 25.9 Å². The van der Waals surface area contributed by atoms with Crippen molar-refractivity contribution in [3.05, 3.63) is 0 Å². The van der Waals surface area contributed by atoms with Gasteiger partial charge in [-0.15, -0.1) is 0 Å². The third kappa shape index (κ3) is 4.61. The van der Waals surface area contributed by atoms with Crippen LogP contribution in [-0.2, 0) is 9.59 Å². The van der Waals surface area contributed by atoms with E-state index in [-0.39, 0.29) is 11.8 Å². The fraction of sp³-hybridized carbons (Fsp3) is 0.867. The molecule has 21 heavy (non-hydrogen) atoms. The van der Waals surface area contributed by atoms with Gasteiger partial charge in [0.1, 0.15) is 0 Å². The summed E-state index contributed by atoms with van der Waals surface area (Å²) < 4.78 is 0. The first kappa shape index (κ1) is 16.6. The fourth-order valence-electron chi connectivity index (χ4n) is 3.32. The summed E-state index contributed by atoms with van der Waals surface area (Å²) >= 11 is 1.89. The average Bonchev–Trinajstić information content (AvgIpc) is 2.52. The Labute approximate surface area is 130 Å². The van der Waals surface area contributed by atoms with Crippen molar-refractivity contribution in [2.24, 2.45) is 5.92 Å². The number of rotatable bonds is 5. The highest BCUT2D eigenvalue weighted by Crippen LogP contribution is 2.27. The highest BCUT2D eigenvalue weighted by Gasteiger charge is 2.28. The Hall–Kier alpha value is -0.750. The SMILES string of the molecule is CSC1CCCCC1NCC(=O)N1CCC(C(=O)O)CC1. The monoisotopic (exact) mass is 314 g/mol. The minimum absolute atomic E-state index is 0.115. The second kappa shape index (κ2) is 8.03. The normalized spacial score (nSPS) is 27.6. The molecule has 2 atom stereocenters. The van der Waals surface area contributed by atoms with Crippen LogP contribution in [0.5, 0.6) is 0 Å². The zero-order valence-electron chi connectivity index (χ0n) is 12.7. The second-order valence-electron chi connectivity index (χ2n) is 6.04. The molecule has 1 saturated heterocycles. The Morgan fingerprint density at radius 1 is 1.19 bits per heavy atom. The Balaban J connectivity index is 1.73. The number of thioether (sulfide) groups is 1. The van der Waals surface area contributed by atoms with Gasteiger partial charge in [0, 0.05) is 24.4 Å². The van der Waals surface area contributed by atoms with Crippen LogP contribution >= 0.6 is 11.8 Å². The molecule has 2 rings (SSSR count). The van der Waals surface area contributed by atoms with E-state index in [1.54, 1.807) is 0 Å². The topological polar surface area (TPSA) is 69.6 Å². The van der Waals surface area contributed by atoms with Crippen LogP contribution in [-0.4, -0.2) is 59.1 Å². The molecule has 6 heteroatoms. The number of hydrogen-bond acceptors (Lipinski definition) is 4. The molecule has 1 saturated carbocycles. The van der Waals surface area contributed by atoms with Crippen LogP contribution in [0.15, 0.2) is 0 Å². The van der Waals surface area contributed by atoms with E-state index in [1.807, 2.05) is 16.7 Å². The number of nitrogens with zero attached hydrogens (tertiary/aromatic N) is 1. The van der Waals surface area contributed by atoms with Crippen molar-refractivity contribution in [2.45, 2.75) is 49.8 Å². The molecule has 2 N–H and O–H groups in total. The molecule has 5 nitrogen and oxygen atoms in total. The minimum Gasteiger partial charge on any atom is -0.481 e. The standard InChI is InChI=1S/C15H26N2O3S/c1-21-13-5-3-2-4-12(13)16-10-14(18)17-8-6-11(7-9-17)15(19)20/h11-13,16H,2-10H2,1H3,(H,19,20). The Bertz CT molecular complexity index is 370. The molecule has 2 fully saturated rings. The summed E-state index contributed by atoms with van der Waals surface area (Å²) in [5.74, 6) is -0.893. The van der Waals surface area contributed by atoms with E-state index in [4.69, 9.17) is 5.11 Å². The number of carbonyl (C=O) groups is 2. The minimum atomic E-state index is -0.731. The van der Waals surface area contributed by atoms with Crippen molar-refractivity contribution in [1.29, 1.82) is 0 Å². The number of hydrogen-bond donors (Lipinski definition) is 2. The molecule has 1 heterocycles. The number of amides is 1. The summed E-state index contributed by atoms with van der Waals surface area (Å²) in [7, 11) is 0. The maximum atomic E-state index is 12.2. The quantitative estimate of drug-likeness (QED) is 0.806. The predicted octanol–water partition coefficient (Wildman–Crippen LogP) is 1.57. The Morgan fingerprint density at radius 2 is 1.86 bits per heavy atom. The molecule has 0 spiro atoms. The predicted molar refractivity (Wildman–Crippen MR) is 84.5 cm³/mol. The van der Waals surface area contributed by atoms with Crippen LogP contribution in [0.1, 0.15) is 38.5 Å². The molecule has 120 valence electrons. The smallest absolute Gasteiger partial charge is 0.306 e. The number of carboxylic acid groups (broad SMARTS) is 1. The van der Waals surface area contributed by atoms with Gasteiger partial charge in [-0.25, -0.2) is 0 Å². The van der Waals surface area contributed by atoms with Gasteiger partial charge in [-0.2, -0.15) is 11.8 Å². The number of likely N-dealkylation sites (tertiary alicyclic amines) is 1. The summed E-state index contributed by atoms with van der Waals surface area (Å²) in [6.07, 6.45) is 8.23. The second-order valence-corrected chi connectivity index (χ2v) is 7.12. The van der Waals surface area contributed by atoms with E-state index in [2.05, 4.69) is 11.6 Å². The largest absolute Gasteiger partial charge is 0.481 e. The van der Waals surface area contributed by atoms with Gasteiger partial charge < -0.3 is 15.3 Å². The summed E-state index contributed by atoms with van der Waals surface area (Å²) in [5, 5.41) is 13.0. The zero-order chi connectivity index (χ0) is 15.2. The van der Waals surface area contributed by atoms with Crippen molar-refractivity contribution in [3.8, 4) is 0 Å². The third-order valence-corrected chi connectivity index (χ3v) is 5.89. The van der Waals surface area contributed by atoms with Crippen molar-refractivity contribution >= 4 is 23.6 Å². The van der Waals surface area contributed by atoms with Gasteiger partial charge in [0.2, 0.25) is 5.91 Å². The van der Waals surface area contributed by atoms with E-state index < -0.39 is 5.97 Å². The van der Waals surface area contributed by atoms with Crippen LogP contribution in [0, 0.1) is 5.92 Å². The number of carbonyl (C=O) groups excluding carboxylic acids is 1. The molecule has 2 aliphatic rings. The van der Waals surface area contributed by atoms with Crippen LogP contribution < -0.4 is 5.32 Å². The summed E-state index contributed by atoms with van der Waals surface area (Å²) in [4.78, 5) is 24.9. The first-order chi connectivity index (χ1) is 10.1.